The fourth-order valence-electron chi connectivity index (χ4n) is 3.28. The van der Waals surface area contributed by atoms with Crippen molar-refractivity contribution in [2.45, 2.75) is 19.4 Å². The summed E-state index contributed by atoms with van der Waals surface area (Å²) in [6.07, 6.45) is 4.49. The third-order valence-corrected chi connectivity index (χ3v) is 5.59. The van der Waals surface area contributed by atoms with Gasteiger partial charge in [-0.3, -0.25) is 4.90 Å². The number of amides is 2. The van der Waals surface area contributed by atoms with Crippen molar-refractivity contribution in [3.05, 3.63) is 52.8 Å². The molecule has 1 aliphatic rings. The molecule has 8 heteroatoms. The molecule has 0 saturated carbocycles. The molecule has 1 fully saturated rings. The van der Waals surface area contributed by atoms with Crippen LogP contribution in [-0.4, -0.2) is 60.2 Å². The smallest absolute Gasteiger partial charge is 0.315 e. The van der Waals surface area contributed by atoms with Crippen LogP contribution in [0.2, 0.25) is 0 Å². The van der Waals surface area contributed by atoms with E-state index < -0.39 is 0 Å². The first kappa shape index (κ1) is 20.5. The van der Waals surface area contributed by atoms with Crippen LogP contribution in [0.5, 0.6) is 0 Å². The van der Waals surface area contributed by atoms with Gasteiger partial charge in [0, 0.05) is 49.6 Å². The minimum atomic E-state index is -0.130. The van der Waals surface area contributed by atoms with Crippen LogP contribution in [0.3, 0.4) is 0 Å². The van der Waals surface area contributed by atoms with Crippen molar-refractivity contribution in [1.29, 1.82) is 0 Å². The Morgan fingerprint density at radius 2 is 1.86 bits per heavy atom. The van der Waals surface area contributed by atoms with E-state index in [1.165, 1.54) is 0 Å². The normalized spacial score (nSPS) is 15.9. The average Bonchev–Trinajstić information content (AvgIpc) is 2.72. The van der Waals surface area contributed by atoms with Crippen LogP contribution in [0.1, 0.15) is 24.9 Å². The molecule has 1 aromatic carbocycles. The number of rotatable bonds is 7. The molecule has 2 N–H and O–H groups in total. The second-order valence-electron chi connectivity index (χ2n) is 6.87. The Morgan fingerprint density at radius 1 is 1.14 bits per heavy atom. The second kappa shape index (κ2) is 10.4. The number of carbonyl (C=O) groups excluding carboxylic acids is 1. The first-order valence-electron chi connectivity index (χ1n) is 9.66. The lowest BCUT2D eigenvalue weighted by Crippen LogP contribution is -2.47. The van der Waals surface area contributed by atoms with Crippen LogP contribution in [0.15, 0.2) is 47.2 Å². The van der Waals surface area contributed by atoms with Gasteiger partial charge >= 0.3 is 6.03 Å². The number of piperazine rings is 1. The number of benzene rings is 1. The summed E-state index contributed by atoms with van der Waals surface area (Å²) in [6.45, 7) is 7.46. The van der Waals surface area contributed by atoms with E-state index in [-0.39, 0.29) is 12.1 Å². The molecule has 0 spiro atoms. The molecular weight excluding hydrogens is 420 g/mol. The van der Waals surface area contributed by atoms with E-state index in [0.29, 0.717) is 6.54 Å². The van der Waals surface area contributed by atoms with Gasteiger partial charge in [0.1, 0.15) is 0 Å². The molecule has 150 valence electrons. The van der Waals surface area contributed by atoms with Gasteiger partial charge < -0.3 is 15.5 Å². The fraction of sp³-hybridized carbons (Fsp3) is 0.450. The van der Waals surface area contributed by atoms with Gasteiger partial charge in [-0.15, -0.1) is 0 Å². The standard InChI is InChI=1S/C20H27BrN6O/c1-16(17-6-2-3-7-18(17)21)25-20(28)24-10-5-11-26-12-14-27(15-13-26)19-22-8-4-9-23-19/h2-4,6-9,16H,5,10-15H2,1H3,(H2,24,25,28). The number of hydrogen-bond acceptors (Lipinski definition) is 5. The number of anilines is 1. The SMILES string of the molecule is CC(NC(=O)NCCCN1CCN(c2ncccn2)CC1)c1ccccc1Br. The summed E-state index contributed by atoms with van der Waals surface area (Å²) in [6, 6.07) is 9.58. The third-order valence-electron chi connectivity index (χ3n) is 4.86. The number of hydrogen-bond donors (Lipinski definition) is 2. The largest absolute Gasteiger partial charge is 0.338 e. The molecule has 2 aromatic rings. The zero-order valence-electron chi connectivity index (χ0n) is 16.1. The second-order valence-corrected chi connectivity index (χ2v) is 7.73. The van der Waals surface area contributed by atoms with E-state index in [4.69, 9.17) is 0 Å². The predicted molar refractivity (Wildman–Crippen MR) is 114 cm³/mol. The number of halogens is 1. The molecule has 3 rings (SSSR count). The average molecular weight is 447 g/mol. The first-order valence-corrected chi connectivity index (χ1v) is 10.5. The van der Waals surface area contributed by atoms with Gasteiger partial charge in [-0.05, 0) is 37.6 Å². The quantitative estimate of drug-likeness (QED) is 0.639. The molecule has 2 heterocycles. The molecule has 1 saturated heterocycles. The maximum atomic E-state index is 12.1. The Balaban J connectivity index is 1.31. The monoisotopic (exact) mass is 446 g/mol. The predicted octanol–water partition coefficient (Wildman–Crippen LogP) is 2.81. The van der Waals surface area contributed by atoms with Crippen LogP contribution in [-0.2, 0) is 0 Å². The topological polar surface area (TPSA) is 73.4 Å². The van der Waals surface area contributed by atoms with Crippen molar-refractivity contribution in [3.63, 3.8) is 0 Å². The molecule has 1 atom stereocenters. The minimum absolute atomic E-state index is 0.0520. The van der Waals surface area contributed by atoms with Gasteiger partial charge in [0.2, 0.25) is 5.95 Å². The van der Waals surface area contributed by atoms with E-state index in [1.807, 2.05) is 37.3 Å². The highest BCUT2D eigenvalue weighted by Crippen LogP contribution is 2.22. The summed E-state index contributed by atoms with van der Waals surface area (Å²) < 4.78 is 1.00. The molecule has 0 bridgehead atoms. The van der Waals surface area contributed by atoms with Crippen LogP contribution in [0.25, 0.3) is 0 Å². The third kappa shape index (κ3) is 5.90. The van der Waals surface area contributed by atoms with Crippen molar-refractivity contribution in [2.75, 3.05) is 44.2 Å². The summed E-state index contributed by atoms with van der Waals surface area (Å²) in [5.74, 6) is 0.805. The highest BCUT2D eigenvalue weighted by atomic mass is 79.9. The number of urea groups is 1. The van der Waals surface area contributed by atoms with E-state index in [2.05, 4.69) is 46.3 Å². The minimum Gasteiger partial charge on any atom is -0.338 e. The Morgan fingerprint density at radius 3 is 2.57 bits per heavy atom. The van der Waals surface area contributed by atoms with Crippen molar-refractivity contribution in [1.82, 2.24) is 25.5 Å². The molecule has 0 aliphatic carbocycles. The lowest BCUT2D eigenvalue weighted by atomic mass is 10.1. The molecule has 28 heavy (non-hydrogen) atoms. The summed E-state index contributed by atoms with van der Waals surface area (Å²) in [7, 11) is 0. The zero-order valence-corrected chi connectivity index (χ0v) is 17.7. The van der Waals surface area contributed by atoms with E-state index in [1.54, 1.807) is 12.4 Å². The Kier molecular flexibility index (Phi) is 7.62. The maximum absolute atomic E-state index is 12.1. The number of aromatic nitrogens is 2. The molecule has 1 aliphatic heterocycles. The van der Waals surface area contributed by atoms with Crippen LogP contribution < -0.4 is 15.5 Å². The Hall–Kier alpha value is -2.19. The summed E-state index contributed by atoms with van der Waals surface area (Å²) in [4.78, 5) is 25.4. The van der Waals surface area contributed by atoms with Crippen LogP contribution in [0.4, 0.5) is 10.7 Å². The maximum Gasteiger partial charge on any atom is 0.315 e. The molecule has 2 amide bonds. The van der Waals surface area contributed by atoms with Gasteiger partial charge in [0.25, 0.3) is 0 Å². The molecule has 1 aromatic heterocycles. The Labute approximate surface area is 174 Å². The number of carbonyl (C=O) groups is 1. The van der Waals surface area contributed by atoms with Gasteiger partial charge in [0.05, 0.1) is 6.04 Å². The molecule has 1 unspecified atom stereocenters. The van der Waals surface area contributed by atoms with Crippen molar-refractivity contribution in [3.8, 4) is 0 Å². The zero-order chi connectivity index (χ0) is 19.8. The van der Waals surface area contributed by atoms with Crippen molar-refractivity contribution >= 4 is 27.9 Å². The van der Waals surface area contributed by atoms with E-state index >= 15 is 0 Å². The molecule has 7 nitrogen and oxygen atoms in total. The molecular formula is C20H27BrN6O. The first-order chi connectivity index (χ1) is 13.6. The van der Waals surface area contributed by atoms with Gasteiger partial charge in [-0.2, -0.15) is 0 Å². The lowest BCUT2D eigenvalue weighted by molar-refractivity contribution is 0.233. The number of nitrogens with one attached hydrogen (secondary N) is 2. The lowest BCUT2D eigenvalue weighted by Gasteiger charge is -2.34. The van der Waals surface area contributed by atoms with Crippen molar-refractivity contribution < 1.29 is 4.79 Å². The van der Waals surface area contributed by atoms with E-state index in [0.717, 1.165) is 55.1 Å². The highest BCUT2D eigenvalue weighted by molar-refractivity contribution is 9.10. The van der Waals surface area contributed by atoms with Gasteiger partial charge in [-0.25, -0.2) is 14.8 Å². The number of nitrogens with zero attached hydrogens (tertiary/aromatic N) is 4. The van der Waals surface area contributed by atoms with E-state index in [9.17, 15) is 4.79 Å². The fourth-order valence-corrected chi connectivity index (χ4v) is 3.91. The van der Waals surface area contributed by atoms with Gasteiger partial charge in [0.15, 0.2) is 0 Å². The van der Waals surface area contributed by atoms with Crippen molar-refractivity contribution in [2.24, 2.45) is 0 Å². The van der Waals surface area contributed by atoms with Crippen LogP contribution >= 0.6 is 15.9 Å². The summed E-state index contributed by atoms with van der Waals surface area (Å²) >= 11 is 3.53. The highest BCUT2D eigenvalue weighted by Gasteiger charge is 2.18. The summed E-state index contributed by atoms with van der Waals surface area (Å²) in [5.41, 5.74) is 1.07. The Bertz CT molecular complexity index is 751. The van der Waals surface area contributed by atoms with Gasteiger partial charge in [-0.1, -0.05) is 34.1 Å². The van der Waals surface area contributed by atoms with Crippen LogP contribution in [0, 0.1) is 0 Å². The molecule has 0 radical (unpaired) electrons. The summed E-state index contributed by atoms with van der Waals surface area (Å²) in [5, 5.41) is 5.94.